The van der Waals surface area contributed by atoms with Gasteiger partial charge in [0.2, 0.25) is 0 Å². The highest BCUT2D eigenvalue weighted by atomic mass is 35.5. The Morgan fingerprint density at radius 3 is 2.57 bits per heavy atom. The smallest absolute Gasteiger partial charge is 0.0802 e. The lowest BCUT2D eigenvalue weighted by atomic mass is 10.1. The molecule has 0 amide bonds. The number of halogens is 1. The van der Waals surface area contributed by atoms with Crippen LogP contribution in [0.25, 0.3) is 0 Å². The van der Waals surface area contributed by atoms with E-state index in [2.05, 4.69) is 23.6 Å². The summed E-state index contributed by atoms with van der Waals surface area (Å²) in [4.78, 5) is 5.01. The lowest BCUT2D eigenvalue weighted by Crippen LogP contribution is -2.37. The third-order valence-electron chi connectivity index (χ3n) is 4.55. The largest absolute Gasteiger partial charge is 0.388 e. The molecule has 0 radical (unpaired) electrons. The van der Waals surface area contributed by atoms with E-state index in [1.54, 1.807) is 0 Å². The number of aliphatic hydroxyl groups is 1. The Bertz CT molecular complexity index is 419. The summed E-state index contributed by atoms with van der Waals surface area (Å²) in [5.74, 6) is 0. The van der Waals surface area contributed by atoms with Gasteiger partial charge in [0, 0.05) is 24.2 Å². The SMILES string of the molecule is CCN(CC)C1CCN(CCC(O)c2ccc(Cl)cc2)C1. The van der Waals surface area contributed by atoms with Gasteiger partial charge in [0.05, 0.1) is 6.10 Å². The minimum Gasteiger partial charge on any atom is -0.388 e. The van der Waals surface area contributed by atoms with Crippen molar-refractivity contribution in [2.75, 3.05) is 32.7 Å². The van der Waals surface area contributed by atoms with Crippen molar-refractivity contribution >= 4 is 11.6 Å². The van der Waals surface area contributed by atoms with Crippen molar-refractivity contribution in [1.29, 1.82) is 0 Å². The molecule has 1 aromatic carbocycles. The van der Waals surface area contributed by atoms with E-state index in [4.69, 9.17) is 11.6 Å². The van der Waals surface area contributed by atoms with E-state index >= 15 is 0 Å². The van der Waals surface area contributed by atoms with E-state index in [1.807, 2.05) is 24.3 Å². The molecule has 2 rings (SSSR count). The number of likely N-dealkylation sites (N-methyl/N-ethyl adjacent to an activating group) is 1. The highest BCUT2D eigenvalue weighted by Crippen LogP contribution is 2.21. The standard InChI is InChI=1S/C17H27ClN2O/c1-3-20(4-2)16-9-11-19(13-16)12-10-17(21)14-5-7-15(18)8-6-14/h5-8,16-17,21H,3-4,9-13H2,1-2H3. The molecule has 4 heteroatoms. The third kappa shape index (κ3) is 4.68. The van der Waals surface area contributed by atoms with Gasteiger partial charge in [0.25, 0.3) is 0 Å². The van der Waals surface area contributed by atoms with E-state index in [0.29, 0.717) is 11.1 Å². The van der Waals surface area contributed by atoms with Crippen molar-refractivity contribution in [1.82, 2.24) is 9.80 Å². The van der Waals surface area contributed by atoms with Crippen LogP contribution in [0, 0.1) is 0 Å². The lowest BCUT2D eigenvalue weighted by molar-refractivity contribution is 0.144. The number of hydrogen-bond donors (Lipinski definition) is 1. The zero-order chi connectivity index (χ0) is 15.2. The second-order valence-electron chi connectivity index (χ2n) is 5.82. The minimum absolute atomic E-state index is 0.394. The first-order valence-corrected chi connectivity index (χ1v) is 8.41. The molecule has 0 spiro atoms. The summed E-state index contributed by atoms with van der Waals surface area (Å²) in [6.07, 6.45) is 1.64. The number of rotatable bonds is 7. The fourth-order valence-corrected chi connectivity index (χ4v) is 3.34. The first-order chi connectivity index (χ1) is 10.1. The molecule has 0 saturated carbocycles. The summed E-state index contributed by atoms with van der Waals surface area (Å²) in [5, 5.41) is 11.0. The molecule has 1 fully saturated rings. The number of aliphatic hydroxyl groups excluding tert-OH is 1. The molecule has 0 aliphatic carbocycles. The van der Waals surface area contributed by atoms with Gasteiger partial charge < -0.3 is 10.0 Å². The Morgan fingerprint density at radius 2 is 1.95 bits per heavy atom. The predicted octanol–water partition coefficient (Wildman–Crippen LogP) is 3.18. The number of likely N-dealkylation sites (tertiary alicyclic amines) is 1. The average Bonchev–Trinajstić information content (AvgIpc) is 2.96. The fraction of sp³-hybridized carbons (Fsp3) is 0.647. The molecule has 2 atom stereocenters. The maximum atomic E-state index is 10.3. The fourth-order valence-electron chi connectivity index (χ4n) is 3.21. The van der Waals surface area contributed by atoms with Gasteiger partial charge in [-0.2, -0.15) is 0 Å². The second-order valence-corrected chi connectivity index (χ2v) is 6.26. The van der Waals surface area contributed by atoms with Crippen LogP contribution in [0.1, 0.15) is 38.4 Å². The first kappa shape index (κ1) is 16.8. The van der Waals surface area contributed by atoms with Crippen molar-refractivity contribution < 1.29 is 5.11 Å². The molecule has 0 aromatic heterocycles. The van der Waals surface area contributed by atoms with Gasteiger partial charge in [-0.15, -0.1) is 0 Å². The Balaban J connectivity index is 1.77. The highest BCUT2D eigenvalue weighted by molar-refractivity contribution is 6.30. The van der Waals surface area contributed by atoms with E-state index in [9.17, 15) is 5.11 Å². The van der Waals surface area contributed by atoms with Crippen molar-refractivity contribution in [3.8, 4) is 0 Å². The van der Waals surface area contributed by atoms with Crippen LogP contribution in [0.4, 0.5) is 0 Å². The van der Waals surface area contributed by atoms with Crippen LogP contribution in [-0.4, -0.2) is 53.7 Å². The van der Waals surface area contributed by atoms with Crippen LogP contribution in [-0.2, 0) is 0 Å². The molecule has 21 heavy (non-hydrogen) atoms. The summed E-state index contributed by atoms with van der Waals surface area (Å²) >= 11 is 5.88. The quantitative estimate of drug-likeness (QED) is 0.838. The van der Waals surface area contributed by atoms with Gasteiger partial charge in [-0.05, 0) is 50.2 Å². The number of hydrogen-bond acceptors (Lipinski definition) is 3. The van der Waals surface area contributed by atoms with E-state index in [1.165, 1.54) is 6.42 Å². The van der Waals surface area contributed by atoms with Crippen LogP contribution in [0.15, 0.2) is 24.3 Å². The second kappa shape index (κ2) is 8.14. The van der Waals surface area contributed by atoms with Crippen LogP contribution < -0.4 is 0 Å². The average molecular weight is 311 g/mol. The molecule has 1 N–H and O–H groups in total. The lowest BCUT2D eigenvalue weighted by Gasteiger charge is -2.26. The summed E-state index contributed by atoms with van der Waals surface area (Å²) in [6, 6.07) is 8.19. The van der Waals surface area contributed by atoms with Crippen LogP contribution in [0.5, 0.6) is 0 Å². The molecule has 1 heterocycles. The molecular formula is C17H27ClN2O. The maximum absolute atomic E-state index is 10.3. The van der Waals surface area contributed by atoms with Crippen molar-refractivity contribution in [2.45, 2.75) is 38.8 Å². The number of nitrogens with zero attached hydrogens (tertiary/aromatic N) is 2. The molecule has 0 bridgehead atoms. The summed E-state index contributed by atoms with van der Waals surface area (Å²) < 4.78 is 0. The van der Waals surface area contributed by atoms with Crippen LogP contribution in [0.2, 0.25) is 5.02 Å². The van der Waals surface area contributed by atoms with Gasteiger partial charge in [-0.3, -0.25) is 4.90 Å². The monoisotopic (exact) mass is 310 g/mol. The predicted molar refractivity (Wildman–Crippen MR) is 88.8 cm³/mol. The van der Waals surface area contributed by atoms with E-state index < -0.39 is 6.10 Å². The normalized spacial score (nSPS) is 21.1. The summed E-state index contributed by atoms with van der Waals surface area (Å²) in [7, 11) is 0. The van der Waals surface area contributed by atoms with Crippen molar-refractivity contribution in [2.24, 2.45) is 0 Å². The molecule has 1 aliphatic heterocycles. The van der Waals surface area contributed by atoms with E-state index in [0.717, 1.165) is 44.7 Å². The molecular weight excluding hydrogens is 284 g/mol. The number of benzene rings is 1. The van der Waals surface area contributed by atoms with Gasteiger partial charge in [0.1, 0.15) is 0 Å². The van der Waals surface area contributed by atoms with Gasteiger partial charge in [-0.25, -0.2) is 0 Å². The molecule has 2 unspecified atom stereocenters. The summed E-state index contributed by atoms with van der Waals surface area (Å²) in [6.45, 7) is 9.96. The topological polar surface area (TPSA) is 26.7 Å². The van der Waals surface area contributed by atoms with Crippen molar-refractivity contribution in [3.63, 3.8) is 0 Å². The Morgan fingerprint density at radius 1 is 1.29 bits per heavy atom. The maximum Gasteiger partial charge on any atom is 0.0802 e. The zero-order valence-electron chi connectivity index (χ0n) is 13.1. The molecule has 118 valence electrons. The highest BCUT2D eigenvalue weighted by Gasteiger charge is 2.26. The molecule has 3 nitrogen and oxygen atoms in total. The van der Waals surface area contributed by atoms with Crippen LogP contribution in [0.3, 0.4) is 0 Å². The molecule has 1 saturated heterocycles. The molecule has 1 aromatic rings. The van der Waals surface area contributed by atoms with Crippen LogP contribution >= 0.6 is 11.6 Å². The van der Waals surface area contributed by atoms with Crippen molar-refractivity contribution in [3.05, 3.63) is 34.9 Å². The minimum atomic E-state index is -0.394. The Hall–Kier alpha value is -0.610. The third-order valence-corrected chi connectivity index (χ3v) is 4.80. The molecule has 1 aliphatic rings. The van der Waals surface area contributed by atoms with Gasteiger partial charge in [-0.1, -0.05) is 37.6 Å². The zero-order valence-corrected chi connectivity index (χ0v) is 13.9. The Labute approximate surface area is 133 Å². The summed E-state index contributed by atoms with van der Waals surface area (Å²) in [5.41, 5.74) is 0.957. The van der Waals surface area contributed by atoms with E-state index in [-0.39, 0.29) is 0 Å². The van der Waals surface area contributed by atoms with Gasteiger partial charge in [0.15, 0.2) is 0 Å². The van der Waals surface area contributed by atoms with Gasteiger partial charge >= 0.3 is 0 Å². The Kier molecular flexibility index (Phi) is 6.49. The first-order valence-electron chi connectivity index (χ1n) is 8.04.